The molecule has 0 saturated heterocycles. The van der Waals surface area contributed by atoms with E-state index in [1.165, 1.54) is 0 Å². The SMILES string of the molecule is Cc1nn(C)c(C)c1CNC(=O)c1ccccc1Cl. The third-order valence-corrected chi connectivity index (χ3v) is 3.53. The van der Waals surface area contributed by atoms with Crippen LogP contribution in [0.4, 0.5) is 0 Å². The molecule has 0 fully saturated rings. The first kappa shape index (κ1) is 13.6. The van der Waals surface area contributed by atoms with Gasteiger partial charge >= 0.3 is 0 Å². The molecule has 0 aliphatic carbocycles. The number of carbonyl (C=O) groups is 1. The molecule has 100 valence electrons. The van der Waals surface area contributed by atoms with E-state index in [9.17, 15) is 4.79 Å². The molecule has 1 aromatic carbocycles. The third-order valence-electron chi connectivity index (χ3n) is 3.20. The first-order valence-electron chi connectivity index (χ1n) is 6.02. The van der Waals surface area contributed by atoms with Gasteiger partial charge in [-0.15, -0.1) is 0 Å². The zero-order valence-electron chi connectivity index (χ0n) is 11.2. The zero-order valence-corrected chi connectivity index (χ0v) is 12.0. The molecule has 1 amide bonds. The van der Waals surface area contributed by atoms with Crippen molar-refractivity contribution in [2.45, 2.75) is 20.4 Å². The predicted octanol–water partition coefficient (Wildman–Crippen LogP) is 2.62. The highest BCUT2D eigenvalue weighted by atomic mass is 35.5. The van der Waals surface area contributed by atoms with E-state index in [1.54, 1.807) is 24.3 Å². The van der Waals surface area contributed by atoms with Crippen molar-refractivity contribution in [3.05, 3.63) is 51.8 Å². The lowest BCUT2D eigenvalue weighted by atomic mass is 10.1. The van der Waals surface area contributed by atoms with E-state index >= 15 is 0 Å². The molecule has 2 aromatic rings. The van der Waals surface area contributed by atoms with Crippen molar-refractivity contribution in [2.75, 3.05) is 0 Å². The summed E-state index contributed by atoms with van der Waals surface area (Å²) in [4.78, 5) is 12.0. The van der Waals surface area contributed by atoms with Crippen molar-refractivity contribution in [2.24, 2.45) is 7.05 Å². The summed E-state index contributed by atoms with van der Waals surface area (Å²) < 4.78 is 1.81. The molecule has 1 aromatic heterocycles. The first-order valence-corrected chi connectivity index (χ1v) is 6.40. The summed E-state index contributed by atoms with van der Waals surface area (Å²) in [5, 5.41) is 7.65. The van der Waals surface area contributed by atoms with E-state index in [-0.39, 0.29) is 5.91 Å². The molecular weight excluding hydrogens is 262 g/mol. The number of hydrogen-bond donors (Lipinski definition) is 1. The maximum absolute atomic E-state index is 12.0. The Hall–Kier alpha value is -1.81. The number of nitrogens with one attached hydrogen (secondary N) is 1. The normalized spacial score (nSPS) is 10.5. The number of aromatic nitrogens is 2. The van der Waals surface area contributed by atoms with E-state index in [0.717, 1.165) is 17.0 Å². The van der Waals surface area contributed by atoms with Gasteiger partial charge in [-0.1, -0.05) is 23.7 Å². The number of rotatable bonds is 3. The number of nitrogens with zero attached hydrogens (tertiary/aromatic N) is 2. The summed E-state index contributed by atoms with van der Waals surface area (Å²) in [6.07, 6.45) is 0. The molecule has 5 heteroatoms. The van der Waals surface area contributed by atoms with Crippen molar-refractivity contribution in [3.8, 4) is 0 Å². The molecule has 1 N–H and O–H groups in total. The molecule has 0 spiro atoms. The third kappa shape index (κ3) is 2.79. The molecule has 0 bridgehead atoms. The molecule has 0 radical (unpaired) electrons. The van der Waals surface area contributed by atoms with Crippen LogP contribution in [0.5, 0.6) is 0 Å². The van der Waals surface area contributed by atoms with Crippen LogP contribution in [0.15, 0.2) is 24.3 Å². The van der Waals surface area contributed by atoms with Crippen molar-refractivity contribution >= 4 is 17.5 Å². The van der Waals surface area contributed by atoms with Crippen LogP contribution in [0, 0.1) is 13.8 Å². The molecule has 0 aliphatic heterocycles. The van der Waals surface area contributed by atoms with Crippen LogP contribution in [0.25, 0.3) is 0 Å². The average molecular weight is 278 g/mol. The summed E-state index contributed by atoms with van der Waals surface area (Å²) in [6, 6.07) is 7.01. The summed E-state index contributed by atoms with van der Waals surface area (Å²) in [5.74, 6) is -0.173. The van der Waals surface area contributed by atoms with Crippen LogP contribution in [0.2, 0.25) is 5.02 Å². The number of hydrogen-bond acceptors (Lipinski definition) is 2. The van der Waals surface area contributed by atoms with E-state index < -0.39 is 0 Å². The van der Waals surface area contributed by atoms with Crippen LogP contribution in [-0.2, 0) is 13.6 Å². The molecular formula is C14H16ClN3O. The van der Waals surface area contributed by atoms with Gasteiger partial charge in [0.15, 0.2) is 0 Å². The molecule has 0 saturated carbocycles. The number of carbonyl (C=O) groups excluding carboxylic acids is 1. The Morgan fingerprint density at radius 3 is 2.63 bits per heavy atom. The van der Waals surface area contributed by atoms with Gasteiger partial charge in [0.05, 0.1) is 16.3 Å². The highest BCUT2D eigenvalue weighted by molar-refractivity contribution is 6.33. The lowest BCUT2D eigenvalue weighted by Gasteiger charge is -2.07. The van der Waals surface area contributed by atoms with E-state index in [4.69, 9.17) is 11.6 Å². The quantitative estimate of drug-likeness (QED) is 0.937. The number of benzene rings is 1. The fourth-order valence-corrected chi connectivity index (χ4v) is 2.20. The largest absolute Gasteiger partial charge is 0.348 e. The van der Waals surface area contributed by atoms with Crippen LogP contribution in [0.3, 0.4) is 0 Å². The standard InChI is InChI=1S/C14H16ClN3O/c1-9-12(10(2)18(3)17-9)8-16-14(19)11-6-4-5-7-13(11)15/h4-7H,8H2,1-3H3,(H,16,19). The molecule has 0 aliphatic rings. The Kier molecular flexibility index (Phi) is 3.90. The second-order valence-corrected chi connectivity index (χ2v) is 4.84. The van der Waals surface area contributed by atoms with Crippen LogP contribution < -0.4 is 5.32 Å². The Morgan fingerprint density at radius 2 is 2.05 bits per heavy atom. The van der Waals surface area contributed by atoms with Crippen LogP contribution in [-0.4, -0.2) is 15.7 Å². The number of aryl methyl sites for hydroxylation is 2. The van der Waals surface area contributed by atoms with Crippen molar-refractivity contribution in [3.63, 3.8) is 0 Å². The highest BCUT2D eigenvalue weighted by Gasteiger charge is 2.13. The Labute approximate surface area is 117 Å². The second-order valence-electron chi connectivity index (χ2n) is 4.44. The summed E-state index contributed by atoms with van der Waals surface area (Å²) in [6.45, 7) is 4.37. The molecule has 19 heavy (non-hydrogen) atoms. The van der Waals surface area contributed by atoms with Gasteiger partial charge in [-0.3, -0.25) is 9.48 Å². The van der Waals surface area contributed by atoms with Gasteiger partial charge in [0.25, 0.3) is 5.91 Å². The van der Waals surface area contributed by atoms with Crippen molar-refractivity contribution in [1.29, 1.82) is 0 Å². The second kappa shape index (κ2) is 5.45. The molecule has 0 unspecified atom stereocenters. The summed E-state index contributed by atoms with van der Waals surface area (Å²) in [7, 11) is 1.89. The number of halogens is 1. The summed E-state index contributed by atoms with van der Waals surface area (Å²) >= 11 is 5.99. The monoisotopic (exact) mass is 277 g/mol. The van der Waals surface area contributed by atoms with Gasteiger partial charge in [-0.2, -0.15) is 5.10 Å². The molecule has 4 nitrogen and oxygen atoms in total. The van der Waals surface area contributed by atoms with Crippen molar-refractivity contribution < 1.29 is 4.79 Å². The Balaban J connectivity index is 2.11. The molecule has 0 atom stereocenters. The topological polar surface area (TPSA) is 46.9 Å². The zero-order chi connectivity index (χ0) is 14.0. The maximum Gasteiger partial charge on any atom is 0.253 e. The first-order chi connectivity index (χ1) is 9.00. The average Bonchev–Trinajstić information content (AvgIpc) is 2.61. The predicted molar refractivity (Wildman–Crippen MR) is 75.3 cm³/mol. The fourth-order valence-electron chi connectivity index (χ4n) is 1.98. The number of amides is 1. The van der Waals surface area contributed by atoms with E-state index in [1.807, 2.05) is 25.6 Å². The van der Waals surface area contributed by atoms with Crippen LogP contribution in [0.1, 0.15) is 27.3 Å². The van der Waals surface area contributed by atoms with Gasteiger partial charge in [0.2, 0.25) is 0 Å². The van der Waals surface area contributed by atoms with Gasteiger partial charge in [-0.25, -0.2) is 0 Å². The molecule has 1 heterocycles. The highest BCUT2D eigenvalue weighted by Crippen LogP contribution is 2.16. The Bertz CT molecular complexity index is 619. The van der Waals surface area contributed by atoms with Crippen LogP contribution >= 0.6 is 11.6 Å². The molecule has 2 rings (SSSR count). The fraction of sp³-hybridized carbons (Fsp3) is 0.286. The van der Waals surface area contributed by atoms with Gasteiger partial charge in [-0.05, 0) is 26.0 Å². The Morgan fingerprint density at radius 1 is 1.37 bits per heavy atom. The van der Waals surface area contributed by atoms with E-state index in [2.05, 4.69) is 10.4 Å². The van der Waals surface area contributed by atoms with Gasteiger partial charge in [0.1, 0.15) is 0 Å². The lowest BCUT2D eigenvalue weighted by molar-refractivity contribution is 0.0951. The van der Waals surface area contributed by atoms with Gasteiger partial charge < -0.3 is 5.32 Å². The minimum absolute atomic E-state index is 0.173. The lowest BCUT2D eigenvalue weighted by Crippen LogP contribution is -2.23. The van der Waals surface area contributed by atoms with E-state index in [0.29, 0.717) is 17.1 Å². The minimum atomic E-state index is -0.173. The maximum atomic E-state index is 12.0. The van der Waals surface area contributed by atoms with Gasteiger partial charge in [0, 0.05) is 24.8 Å². The minimum Gasteiger partial charge on any atom is -0.348 e. The smallest absolute Gasteiger partial charge is 0.253 e. The summed E-state index contributed by atoms with van der Waals surface area (Å²) in [5.41, 5.74) is 3.52. The van der Waals surface area contributed by atoms with Crippen molar-refractivity contribution in [1.82, 2.24) is 15.1 Å².